The third-order valence-corrected chi connectivity index (χ3v) is 4.35. The molecular weight excluding hydrogens is 234 g/mol. The highest BCUT2D eigenvalue weighted by Crippen LogP contribution is 2.33. The molecule has 0 aromatic rings. The highest BCUT2D eigenvalue weighted by Gasteiger charge is 2.38. The van der Waals surface area contributed by atoms with Crippen LogP contribution in [0.1, 0.15) is 32.1 Å². The third-order valence-electron chi connectivity index (χ3n) is 4.35. The number of carboxylic acids is 1. The fourth-order valence-electron chi connectivity index (χ4n) is 3.11. The smallest absolute Gasteiger partial charge is 0.306 e. The Morgan fingerprint density at radius 1 is 1.39 bits per heavy atom. The van der Waals surface area contributed by atoms with Crippen LogP contribution in [0.5, 0.6) is 0 Å². The highest BCUT2D eigenvalue weighted by molar-refractivity contribution is 5.70. The predicted octanol–water partition coefficient (Wildman–Crippen LogP) is 0.713. The van der Waals surface area contributed by atoms with Gasteiger partial charge in [-0.2, -0.15) is 0 Å². The van der Waals surface area contributed by atoms with Gasteiger partial charge >= 0.3 is 5.97 Å². The molecule has 0 amide bonds. The van der Waals surface area contributed by atoms with Crippen LogP contribution in [-0.2, 0) is 9.53 Å². The van der Waals surface area contributed by atoms with Crippen molar-refractivity contribution < 1.29 is 19.7 Å². The average molecular weight is 257 g/mol. The first-order valence-corrected chi connectivity index (χ1v) is 6.73. The van der Waals surface area contributed by atoms with E-state index in [1.165, 1.54) is 0 Å². The Labute approximate surface area is 108 Å². The van der Waals surface area contributed by atoms with Gasteiger partial charge in [0.1, 0.15) is 0 Å². The Morgan fingerprint density at radius 2 is 2.06 bits per heavy atom. The maximum absolute atomic E-state index is 10.9. The monoisotopic (exact) mass is 257 g/mol. The van der Waals surface area contributed by atoms with E-state index in [0.29, 0.717) is 32.2 Å². The maximum Gasteiger partial charge on any atom is 0.306 e. The number of methoxy groups -OCH3 is 1. The zero-order valence-electron chi connectivity index (χ0n) is 11.0. The summed E-state index contributed by atoms with van der Waals surface area (Å²) in [5, 5.41) is 19.5. The van der Waals surface area contributed by atoms with Crippen molar-refractivity contribution in [2.45, 2.75) is 43.8 Å². The lowest BCUT2D eigenvalue weighted by molar-refractivity contribution is -0.145. The van der Waals surface area contributed by atoms with Crippen molar-refractivity contribution >= 4 is 5.97 Å². The molecule has 2 N–H and O–H groups in total. The minimum absolute atomic E-state index is 0.268. The molecule has 1 saturated carbocycles. The summed E-state index contributed by atoms with van der Waals surface area (Å²) in [6, 6.07) is 0. The van der Waals surface area contributed by atoms with Crippen LogP contribution in [0.3, 0.4) is 0 Å². The van der Waals surface area contributed by atoms with Crippen molar-refractivity contribution in [2.24, 2.45) is 5.92 Å². The largest absolute Gasteiger partial charge is 0.481 e. The van der Waals surface area contributed by atoms with Crippen LogP contribution < -0.4 is 0 Å². The topological polar surface area (TPSA) is 70.0 Å². The number of ether oxygens (including phenoxy) is 1. The molecule has 0 aromatic heterocycles. The van der Waals surface area contributed by atoms with Gasteiger partial charge in [-0.05, 0) is 32.1 Å². The van der Waals surface area contributed by atoms with Crippen LogP contribution in [-0.4, -0.2) is 59.5 Å². The fraction of sp³-hybridized carbons (Fsp3) is 0.923. The van der Waals surface area contributed by atoms with Crippen LogP contribution in [0.2, 0.25) is 0 Å². The number of hydrogen-bond donors (Lipinski definition) is 2. The fourth-order valence-corrected chi connectivity index (χ4v) is 3.11. The second-order valence-electron chi connectivity index (χ2n) is 5.72. The summed E-state index contributed by atoms with van der Waals surface area (Å²) in [6.07, 6.45) is 3.67. The number of rotatable bonds is 4. The number of likely N-dealkylation sites (tertiary alicyclic amines) is 1. The number of carboxylic acid groups (broad SMARTS) is 1. The molecule has 0 bridgehead atoms. The Hall–Kier alpha value is -0.650. The first-order valence-electron chi connectivity index (χ1n) is 6.73. The first-order chi connectivity index (χ1) is 8.52. The van der Waals surface area contributed by atoms with Crippen molar-refractivity contribution in [1.82, 2.24) is 4.90 Å². The molecular formula is C13H23NO4. The zero-order valence-corrected chi connectivity index (χ0v) is 11.0. The van der Waals surface area contributed by atoms with Gasteiger partial charge in [0.2, 0.25) is 0 Å². The summed E-state index contributed by atoms with van der Waals surface area (Å²) in [4.78, 5) is 13.1. The molecule has 5 heteroatoms. The molecule has 2 aliphatic rings. The molecule has 0 spiro atoms. The number of nitrogens with zero attached hydrogens (tertiary/aromatic N) is 1. The number of aliphatic hydroxyl groups is 1. The summed E-state index contributed by atoms with van der Waals surface area (Å²) >= 11 is 0. The van der Waals surface area contributed by atoms with Gasteiger partial charge in [-0.15, -0.1) is 0 Å². The summed E-state index contributed by atoms with van der Waals surface area (Å²) in [7, 11) is 1.72. The average Bonchev–Trinajstić information content (AvgIpc) is 2.76. The Balaban J connectivity index is 1.81. The minimum atomic E-state index is -0.724. The second-order valence-corrected chi connectivity index (χ2v) is 5.72. The lowest BCUT2D eigenvalue weighted by Gasteiger charge is -2.37. The van der Waals surface area contributed by atoms with Gasteiger partial charge < -0.3 is 14.9 Å². The van der Waals surface area contributed by atoms with E-state index in [9.17, 15) is 9.90 Å². The van der Waals surface area contributed by atoms with Gasteiger partial charge in [0.25, 0.3) is 0 Å². The molecule has 18 heavy (non-hydrogen) atoms. The maximum atomic E-state index is 10.9. The normalized spacial score (nSPS) is 37.9. The van der Waals surface area contributed by atoms with E-state index in [1.807, 2.05) is 0 Å². The SMILES string of the molecule is COC1CCN(CC2(O)CCC(C(=O)O)CC2)C1. The van der Waals surface area contributed by atoms with Crippen molar-refractivity contribution in [3.63, 3.8) is 0 Å². The van der Waals surface area contributed by atoms with Gasteiger partial charge in [-0.3, -0.25) is 9.69 Å². The zero-order chi connectivity index (χ0) is 13.2. The molecule has 1 aliphatic heterocycles. The molecule has 1 aliphatic carbocycles. The minimum Gasteiger partial charge on any atom is -0.481 e. The van der Waals surface area contributed by atoms with E-state index in [2.05, 4.69) is 4.90 Å². The van der Waals surface area contributed by atoms with E-state index < -0.39 is 11.6 Å². The van der Waals surface area contributed by atoms with E-state index in [4.69, 9.17) is 9.84 Å². The van der Waals surface area contributed by atoms with Gasteiger partial charge in [-0.1, -0.05) is 0 Å². The standard InChI is InChI=1S/C13H23NO4/c1-18-11-4-7-14(8-11)9-13(17)5-2-10(3-6-13)12(15)16/h10-11,17H,2-9H2,1H3,(H,15,16). The van der Waals surface area contributed by atoms with Crippen LogP contribution in [0, 0.1) is 5.92 Å². The molecule has 0 radical (unpaired) electrons. The van der Waals surface area contributed by atoms with Crippen molar-refractivity contribution in [3.05, 3.63) is 0 Å². The van der Waals surface area contributed by atoms with E-state index in [-0.39, 0.29) is 12.0 Å². The van der Waals surface area contributed by atoms with Crippen LogP contribution in [0.4, 0.5) is 0 Å². The van der Waals surface area contributed by atoms with Crippen molar-refractivity contribution in [2.75, 3.05) is 26.7 Å². The third kappa shape index (κ3) is 3.22. The summed E-state index contributed by atoms with van der Waals surface area (Å²) in [5.41, 5.74) is -0.700. The lowest BCUT2D eigenvalue weighted by Crippen LogP contribution is -2.45. The molecule has 1 saturated heterocycles. The predicted molar refractivity (Wildman–Crippen MR) is 66.4 cm³/mol. The van der Waals surface area contributed by atoms with Gasteiger partial charge in [0.05, 0.1) is 17.6 Å². The van der Waals surface area contributed by atoms with Gasteiger partial charge in [0.15, 0.2) is 0 Å². The van der Waals surface area contributed by atoms with E-state index >= 15 is 0 Å². The number of hydrogen-bond acceptors (Lipinski definition) is 4. The lowest BCUT2D eigenvalue weighted by atomic mass is 9.78. The van der Waals surface area contributed by atoms with Crippen molar-refractivity contribution in [3.8, 4) is 0 Å². The second kappa shape index (κ2) is 5.55. The number of β-amino-alcohol motifs (C(OH)–C–C–N with tert-alkyl or cyclic N) is 1. The molecule has 104 valence electrons. The Bertz CT molecular complexity index is 299. The first kappa shape index (κ1) is 13.8. The van der Waals surface area contributed by atoms with Crippen LogP contribution in [0.15, 0.2) is 0 Å². The summed E-state index contributed by atoms with van der Waals surface area (Å²) in [6.45, 7) is 2.49. The van der Waals surface area contributed by atoms with Crippen molar-refractivity contribution in [1.29, 1.82) is 0 Å². The Morgan fingerprint density at radius 3 is 2.56 bits per heavy atom. The number of carbonyl (C=O) groups is 1. The van der Waals surface area contributed by atoms with Gasteiger partial charge in [-0.25, -0.2) is 0 Å². The summed E-state index contributed by atoms with van der Waals surface area (Å²) in [5.74, 6) is -0.992. The highest BCUT2D eigenvalue weighted by atomic mass is 16.5. The number of aliphatic carboxylic acids is 1. The molecule has 1 atom stereocenters. The molecule has 2 fully saturated rings. The molecule has 0 aromatic carbocycles. The van der Waals surface area contributed by atoms with Gasteiger partial charge in [0, 0.05) is 26.7 Å². The quantitative estimate of drug-likeness (QED) is 0.776. The molecule has 1 unspecified atom stereocenters. The molecule has 1 heterocycles. The van der Waals surface area contributed by atoms with Crippen LogP contribution >= 0.6 is 0 Å². The van der Waals surface area contributed by atoms with E-state index in [1.54, 1.807) is 7.11 Å². The van der Waals surface area contributed by atoms with E-state index in [0.717, 1.165) is 19.5 Å². The van der Waals surface area contributed by atoms with Crippen LogP contribution in [0.25, 0.3) is 0 Å². The Kier molecular flexibility index (Phi) is 4.25. The molecule has 5 nitrogen and oxygen atoms in total. The molecule has 2 rings (SSSR count). The summed E-state index contributed by atoms with van der Waals surface area (Å²) < 4.78 is 5.31.